The van der Waals surface area contributed by atoms with Crippen LogP contribution in [0.5, 0.6) is 0 Å². The number of aromatic nitrogens is 1. The number of hydrogen-bond donors (Lipinski definition) is 1. The van der Waals surface area contributed by atoms with Gasteiger partial charge in [-0.3, -0.25) is 4.98 Å². The summed E-state index contributed by atoms with van der Waals surface area (Å²) in [6.45, 7) is 8.75. The van der Waals surface area contributed by atoms with Crippen LogP contribution in [0.1, 0.15) is 46.2 Å². The molecule has 176 valence electrons. The lowest BCUT2D eigenvalue weighted by Crippen LogP contribution is -2.45. The molecule has 1 saturated heterocycles. The number of ether oxygens (including phenoxy) is 1. The smallest absolute Gasteiger partial charge is 0.410 e. The van der Waals surface area contributed by atoms with E-state index in [-0.39, 0.29) is 23.7 Å². The van der Waals surface area contributed by atoms with Gasteiger partial charge in [-0.25, -0.2) is 9.18 Å². The van der Waals surface area contributed by atoms with Crippen LogP contribution < -0.4 is 0 Å². The number of carbonyl (C=O) groups is 1. The van der Waals surface area contributed by atoms with Gasteiger partial charge in [-0.2, -0.15) is 0 Å². The van der Waals surface area contributed by atoms with Gasteiger partial charge in [-0.1, -0.05) is 24.3 Å². The van der Waals surface area contributed by atoms with E-state index >= 15 is 0 Å². The van der Waals surface area contributed by atoms with E-state index in [0.29, 0.717) is 25.4 Å². The van der Waals surface area contributed by atoms with Crippen LogP contribution in [-0.4, -0.2) is 45.4 Å². The van der Waals surface area contributed by atoms with E-state index in [1.165, 1.54) is 12.1 Å². The molecule has 4 rings (SSSR count). The number of likely N-dealkylation sites (tertiary alicyclic amines) is 1. The van der Waals surface area contributed by atoms with Crippen LogP contribution in [0.25, 0.3) is 17.2 Å². The van der Waals surface area contributed by atoms with Crippen molar-refractivity contribution in [1.82, 2.24) is 9.88 Å². The molecule has 1 aromatic carbocycles. The molecule has 1 aromatic heterocycles. The normalized spacial score (nSPS) is 27.6. The molecule has 5 nitrogen and oxygen atoms in total. The molecular formula is C27H33FN2O3. The molecule has 2 fully saturated rings. The monoisotopic (exact) mass is 452 g/mol. The van der Waals surface area contributed by atoms with Crippen LogP contribution in [0.15, 0.2) is 48.7 Å². The van der Waals surface area contributed by atoms with Crippen molar-refractivity contribution in [2.75, 3.05) is 13.1 Å². The van der Waals surface area contributed by atoms with Crippen molar-refractivity contribution < 1.29 is 19.0 Å². The number of pyridine rings is 1. The highest BCUT2D eigenvalue weighted by Gasteiger charge is 2.51. The summed E-state index contributed by atoms with van der Waals surface area (Å²) in [5, 5.41) is 11.2. The number of hydrogen-bond acceptors (Lipinski definition) is 4. The summed E-state index contributed by atoms with van der Waals surface area (Å²) < 4.78 is 19.0. The van der Waals surface area contributed by atoms with Crippen molar-refractivity contribution in [1.29, 1.82) is 0 Å². The van der Waals surface area contributed by atoms with Crippen molar-refractivity contribution in [2.24, 2.45) is 17.8 Å². The minimum absolute atomic E-state index is 0.00650. The summed E-state index contributed by atoms with van der Waals surface area (Å²) in [4.78, 5) is 18.8. The Labute approximate surface area is 195 Å². The average molecular weight is 453 g/mol. The average Bonchev–Trinajstić information content (AvgIpc) is 2.99. The Balaban J connectivity index is 1.44. The molecule has 1 aliphatic heterocycles. The topological polar surface area (TPSA) is 62.7 Å². The van der Waals surface area contributed by atoms with E-state index in [0.717, 1.165) is 23.2 Å². The van der Waals surface area contributed by atoms with Gasteiger partial charge in [0.05, 0.1) is 11.3 Å². The minimum Gasteiger partial charge on any atom is -0.444 e. The number of carbonyl (C=O) groups excluding carboxylic acids is 1. The second-order valence-electron chi connectivity index (χ2n) is 10.6. The van der Waals surface area contributed by atoms with E-state index < -0.39 is 11.2 Å². The molecule has 2 aromatic rings. The SMILES string of the molecule is CC(C)(C)OC(=O)N1CCC2C(C1)CC(C)(O)C2/C=C/c1ccc(-c2cccc(F)c2)cn1. The van der Waals surface area contributed by atoms with Gasteiger partial charge in [0.25, 0.3) is 0 Å². The number of rotatable bonds is 3. The van der Waals surface area contributed by atoms with Crippen LogP contribution in [0.4, 0.5) is 9.18 Å². The second kappa shape index (κ2) is 8.90. The molecule has 4 atom stereocenters. The minimum atomic E-state index is -0.836. The van der Waals surface area contributed by atoms with E-state index in [1.54, 1.807) is 17.2 Å². The largest absolute Gasteiger partial charge is 0.444 e. The first-order valence-corrected chi connectivity index (χ1v) is 11.6. The van der Waals surface area contributed by atoms with E-state index in [9.17, 15) is 14.3 Å². The number of benzene rings is 1. The molecule has 33 heavy (non-hydrogen) atoms. The van der Waals surface area contributed by atoms with Crippen molar-refractivity contribution in [2.45, 2.75) is 51.7 Å². The van der Waals surface area contributed by atoms with Gasteiger partial charge in [0.2, 0.25) is 0 Å². The molecule has 4 unspecified atom stereocenters. The van der Waals surface area contributed by atoms with Crippen LogP contribution >= 0.6 is 0 Å². The maximum Gasteiger partial charge on any atom is 0.410 e. The first-order chi connectivity index (χ1) is 15.5. The lowest BCUT2D eigenvalue weighted by atomic mass is 9.81. The molecule has 1 saturated carbocycles. The van der Waals surface area contributed by atoms with Gasteiger partial charge < -0.3 is 14.7 Å². The number of piperidine rings is 1. The number of amides is 1. The Morgan fingerprint density at radius 3 is 2.73 bits per heavy atom. The summed E-state index contributed by atoms with van der Waals surface area (Å²) in [6.07, 6.45) is 6.97. The molecule has 0 spiro atoms. The quantitative estimate of drug-likeness (QED) is 0.664. The Morgan fingerprint density at radius 2 is 2.06 bits per heavy atom. The van der Waals surface area contributed by atoms with E-state index in [2.05, 4.69) is 11.1 Å². The molecular weight excluding hydrogens is 419 g/mol. The number of fused-ring (bicyclic) bond motifs is 1. The zero-order chi connectivity index (χ0) is 23.8. The molecule has 1 amide bonds. The molecule has 2 heterocycles. The Kier molecular flexibility index (Phi) is 6.32. The molecule has 0 bridgehead atoms. The van der Waals surface area contributed by atoms with E-state index in [1.807, 2.05) is 52.0 Å². The molecule has 2 aliphatic rings. The second-order valence-corrected chi connectivity index (χ2v) is 10.6. The molecule has 1 N–H and O–H groups in total. The Bertz CT molecular complexity index is 1030. The van der Waals surface area contributed by atoms with Crippen molar-refractivity contribution >= 4 is 12.2 Å². The summed E-state index contributed by atoms with van der Waals surface area (Å²) in [5.41, 5.74) is 1.08. The van der Waals surface area contributed by atoms with Crippen LogP contribution in [0.2, 0.25) is 0 Å². The lowest BCUT2D eigenvalue weighted by Gasteiger charge is -2.37. The fourth-order valence-electron chi connectivity index (χ4n) is 5.25. The van der Waals surface area contributed by atoms with Crippen LogP contribution in [0, 0.1) is 23.6 Å². The zero-order valence-corrected chi connectivity index (χ0v) is 19.8. The summed E-state index contributed by atoms with van der Waals surface area (Å²) in [5.74, 6) is 0.265. The van der Waals surface area contributed by atoms with Crippen molar-refractivity contribution in [3.05, 3.63) is 60.2 Å². The summed E-state index contributed by atoms with van der Waals surface area (Å²) in [6, 6.07) is 10.3. The Hall–Kier alpha value is -2.73. The highest BCUT2D eigenvalue weighted by Crippen LogP contribution is 2.49. The van der Waals surface area contributed by atoms with Gasteiger partial charge in [-0.05, 0) is 82.2 Å². The van der Waals surface area contributed by atoms with Crippen LogP contribution in [-0.2, 0) is 4.74 Å². The third kappa shape index (κ3) is 5.44. The summed E-state index contributed by atoms with van der Waals surface area (Å²) in [7, 11) is 0. The fraction of sp³-hybridized carbons (Fsp3) is 0.481. The first-order valence-electron chi connectivity index (χ1n) is 11.6. The number of aliphatic hydroxyl groups is 1. The van der Waals surface area contributed by atoms with Gasteiger partial charge >= 0.3 is 6.09 Å². The Morgan fingerprint density at radius 1 is 1.27 bits per heavy atom. The van der Waals surface area contributed by atoms with Crippen molar-refractivity contribution in [3.63, 3.8) is 0 Å². The predicted octanol–water partition coefficient (Wildman–Crippen LogP) is 5.55. The third-order valence-corrected chi connectivity index (χ3v) is 6.72. The zero-order valence-electron chi connectivity index (χ0n) is 19.8. The highest BCUT2D eigenvalue weighted by atomic mass is 19.1. The van der Waals surface area contributed by atoms with Gasteiger partial charge in [0, 0.05) is 30.8 Å². The first kappa shape index (κ1) is 23.4. The predicted molar refractivity (Wildman–Crippen MR) is 127 cm³/mol. The van der Waals surface area contributed by atoms with E-state index in [4.69, 9.17) is 4.74 Å². The maximum absolute atomic E-state index is 13.5. The highest BCUT2D eigenvalue weighted by molar-refractivity contribution is 5.68. The maximum atomic E-state index is 13.5. The van der Waals surface area contributed by atoms with Gasteiger partial charge in [-0.15, -0.1) is 0 Å². The standard InChI is InChI=1S/C27H33FN2O3/c1-26(2,3)33-25(31)30-13-12-23-20(17-30)15-27(4,32)24(23)11-10-22-9-8-19(16-29-22)18-6-5-7-21(28)14-18/h5-11,14,16,20,23-24,32H,12-13,15,17H2,1-4H3/b11-10+. The summed E-state index contributed by atoms with van der Waals surface area (Å²) >= 11 is 0. The molecule has 1 aliphatic carbocycles. The number of halogens is 1. The number of nitrogens with zero attached hydrogens (tertiary/aromatic N) is 2. The lowest BCUT2D eigenvalue weighted by molar-refractivity contribution is 0.0114. The third-order valence-electron chi connectivity index (χ3n) is 6.72. The fourth-order valence-corrected chi connectivity index (χ4v) is 5.25. The van der Waals surface area contributed by atoms with Gasteiger partial charge in [0.15, 0.2) is 0 Å². The van der Waals surface area contributed by atoms with Crippen LogP contribution in [0.3, 0.4) is 0 Å². The van der Waals surface area contributed by atoms with Crippen molar-refractivity contribution in [3.8, 4) is 11.1 Å². The molecule has 0 radical (unpaired) electrons. The van der Waals surface area contributed by atoms with Gasteiger partial charge in [0.1, 0.15) is 11.4 Å². The molecule has 6 heteroatoms.